The molecule has 2 unspecified atom stereocenters. The summed E-state index contributed by atoms with van der Waals surface area (Å²) in [5.41, 5.74) is 0. The molecule has 2 rings (SSSR count). The van der Waals surface area contributed by atoms with Gasteiger partial charge in [0.25, 0.3) is 0 Å². The summed E-state index contributed by atoms with van der Waals surface area (Å²) in [5.74, 6) is 0.625. The van der Waals surface area contributed by atoms with E-state index in [2.05, 4.69) is 17.0 Å². The van der Waals surface area contributed by atoms with Crippen molar-refractivity contribution >= 4 is 21.4 Å². The molecule has 0 spiro atoms. The number of hydrogen-bond acceptors (Lipinski definition) is 4. The van der Waals surface area contributed by atoms with Gasteiger partial charge < -0.3 is 5.32 Å². The predicted octanol–water partition coefficient (Wildman–Crippen LogP) is 1.93. The Kier molecular flexibility index (Phi) is 4.42. The number of thiophene rings is 1. The van der Waals surface area contributed by atoms with Crippen LogP contribution in [0.4, 0.5) is 0 Å². The van der Waals surface area contributed by atoms with Gasteiger partial charge in [0.15, 0.2) is 0 Å². The molecule has 1 aliphatic rings. The molecule has 1 heterocycles. The van der Waals surface area contributed by atoms with Crippen molar-refractivity contribution in [1.82, 2.24) is 10.0 Å². The summed E-state index contributed by atoms with van der Waals surface area (Å²) < 4.78 is 27.2. The third-order valence-electron chi connectivity index (χ3n) is 3.31. The van der Waals surface area contributed by atoms with Crippen molar-refractivity contribution in [2.75, 3.05) is 7.05 Å². The first-order valence-electron chi connectivity index (χ1n) is 6.25. The highest BCUT2D eigenvalue weighted by Crippen LogP contribution is 2.27. The first-order valence-corrected chi connectivity index (χ1v) is 8.62. The maximum Gasteiger partial charge on any atom is 0.241 e. The second-order valence-corrected chi connectivity index (χ2v) is 7.73. The Morgan fingerprint density at radius 3 is 2.83 bits per heavy atom. The van der Waals surface area contributed by atoms with E-state index in [1.165, 1.54) is 11.3 Å². The molecule has 102 valence electrons. The van der Waals surface area contributed by atoms with Crippen molar-refractivity contribution in [2.45, 2.75) is 43.7 Å². The molecule has 4 nitrogen and oxygen atoms in total. The highest BCUT2D eigenvalue weighted by molar-refractivity contribution is 7.89. The van der Waals surface area contributed by atoms with E-state index in [-0.39, 0.29) is 6.04 Å². The van der Waals surface area contributed by atoms with Crippen molar-refractivity contribution in [2.24, 2.45) is 5.92 Å². The minimum Gasteiger partial charge on any atom is -0.315 e. The highest BCUT2D eigenvalue weighted by Gasteiger charge is 2.26. The minimum absolute atomic E-state index is 0.109. The molecule has 1 aliphatic carbocycles. The van der Waals surface area contributed by atoms with Crippen LogP contribution in [-0.2, 0) is 16.6 Å². The lowest BCUT2D eigenvalue weighted by Crippen LogP contribution is -2.32. The average molecular weight is 288 g/mol. The van der Waals surface area contributed by atoms with E-state index in [4.69, 9.17) is 0 Å². The van der Waals surface area contributed by atoms with Crippen molar-refractivity contribution in [1.29, 1.82) is 0 Å². The standard InChI is InChI=1S/C12H20N2O2S2/c1-9-3-4-10(5-9)14-18(15,16)12-6-11(7-13-2)17-8-12/h6,8-10,13-14H,3-5,7H2,1-2H3. The smallest absolute Gasteiger partial charge is 0.241 e. The molecule has 2 N–H and O–H groups in total. The quantitative estimate of drug-likeness (QED) is 0.870. The maximum absolute atomic E-state index is 12.2. The van der Waals surface area contributed by atoms with Crippen molar-refractivity contribution in [3.05, 3.63) is 16.3 Å². The van der Waals surface area contributed by atoms with E-state index in [0.717, 1.165) is 24.1 Å². The third-order valence-corrected chi connectivity index (χ3v) is 5.89. The normalized spacial score (nSPS) is 24.6. The summed E-state index contributed by atoms with van der Waals surface area (Å²) in [6.07, 6.45) is 3.02. The molecule has 0 aromatic carbocycles. The fourth-order valence-electron chi connectivity index (χ4n) is 2.37. The van der Waals surface area contributed by atoms with Gasteiger partial charge >= 0.3 is 0 Å². The fraction of sp³-hybridized carbons (Fsp3) is 0.667. The van der Waals surface area contributed by atoms with Gasteiger partial charge in [-0.1, -0.05) is 6.92 Å². The summed E-state index contributed by atoms with van der Waals surface area (Å²) in [7, 11) is -1.48. The Bertz CT molecular complexity index is 496. The van der Waals surface area contributed by atoms with Crippen LogP contribution in [0.2, 0.25) is 0 Å². The SMILES string of the molecule is CNCc1cc(S(=O)(=O)NC2CCC(C)C2)cs1. The lowest BCUT2D eigenvalue weighted by Gasteiger charge is -2.11. The van der Waals surface area contributed by atoms with Crippen LogP contribution in [0, 0.1) is 5.92 Å². The van der Waals surface area contributed by atoms with Gasteiger partial charge in [-0.15, -0.1) is 11.3 Å². The van der Waals surface area contributed by atoms with E-state index in [9.17, 15) is 8.42 Å². The van der Waals surface area contributed by atoms with Gasteiger partial charge in [-0.05, 0) is 38.3 Å². The molecule has 0 amide bonds. The zero-order chi connectivity index (χ0) is 13.2. The van der Waals surface area contributed by atoms with E-state index >= 15 is 0 Å². The first kappa shape index (κ1) is 14.0. The van der Waals surface area contributed by atoms with Gasteiger partial charge in [0, 0.05) is 22.8 Å². The van der Waals surface area contributed by atoms with E-state index < -0.39 is 10.0 Å². The molecular formula is C12H20N2O2S2. The van der Waals surface area contributed by atoms with Gasteiger partial charge in [0.1, 0.15) is 0 Å². The summed E-state index contributed by atoms with van der Waals surface area (Å²) >= 11 is 1.48. The van der Waals surface area contributed by atoms with E-state index in [1.54, 1.807) is 11.4 Å². The Morgan fingerprint density at radius 2 is 2.22 bits per heavy atom. The number of rotatable bonds is 5. The minimum atomic E-state index is -3.33. The monoisotopic (exact) mass is 288 g/mol. The number of sulfonamides is 1. The van der Waals surface area contributed by atoms with E-state index in [0.29, 0.717) is 17.4 Å². The lowest BCUT2D eigenvalue weighted by molar-refractivity contribution is 0.538. The van der Waals surface area contributed by atoms with Crippen LogP contribution in [0.25, 0.3) is 0 Å². The van der Waals surface area contributed by atoms with Gasteiger partial charge in [-0.25, -0.2) is 13.1 Å². The van der Waals surface area contributed by atoms with Crippen LogP contribution >= 0.6 is 11.3 Å². The summed E-state index contributed by atoms with van der Waals surface area (Å²) in [6, 6.07) is 1.86. The van der Waals surface area contributed by atoms with Crippen LogP contribution in [0.15, 0.2) is 16.3 Å². The molecule has 1 saturated carbocycles. The molecule has 0 aliphatic heterocycles. The molecule has 1 fully saturated rings. The zero-order valence-electron chi connectivity index (χ0n) is 10.8. The van der Waals surface area contributed by atoms with E-state index in [1.807, 2.05) is 7.05 Å². The highest BCUT2D eigenvalue weighted by atomic mass is 32.2. The topological polar surface area (TPSA) is 58.2 Å². The molecule has 0 saturated heterocycles. The molecule has 1 aromatic rings. The molecule has 6 heteroatoms. The summed E-state index contributed by atoms with van der Waals surface area (Å²) in [5, 5.41) is 4.74. The van der Waals surface area contributed by atoms with Crippen LogP contribution in [-0.4, -0.2) is 21.5 Å². The molecule has 1 aromatic heterocycles. The lowest BCUT2D eigenvalue weighted by atomic mass is 10.1. The molecular weight excluding hydrogens is 268 g/mol. The Balaban J connectivity index is 2.05. The number of nitrogens with one attached hydrogen (secondary N) is 2. The second kappa shape index (κ2) is 5.69. The Labute approximate surface area is 113 Å². The molecule has 0 bridgehead atoms. The summed E-state index contributed by atoms with van der Waals surface area (Å²) in [6.45, 7) is 2.88. The van der Waals surface area contributed by atoms with Crippen molar-refractivity contribution in [3.63, 3.8) is 0 Å². The van der Waals surface area contributed by atoms with Crippen LogP contribution < -0.4 is 10.0 Å². The summed E-state index contributed by atoms with van der Waals surface area (Å²) in [4.78, 5) is 1.44. The maximum atomic E-state index is 12.2. The number of hydrogen-bond donors (Lipinski definition) is 2. The third kappa shape index (κ3) is 3.32. The average Bonchev–Trinajstić information content (AvgIpc) is 2.88. The van der Waals surface area contributed by atoms with Gasteiger partial charge in [-0.3, -0.25) is 0 Å². The predicted molar refractivity (Wildman–Crippen MR) is 74.2 cm³/mol. The molecule has 2 atom stereocenters. The van der Waals surface area contributed by atoms with Crippen LogP contribution in [0.3, 0.4) is 0 Å². The zero-order valence-corrected chi connectivity index (χ0v) is 12.4. The van der Waals surface area contributed by atoms with Gasteiger partial charge in [0.05, 0.1) is 4.90 Å². The Hall–Kier alpha value is -0.430. The molecule has 0 radical (unpaired) electrons. The van der Waals surface area contributed by atoms with Crippen molar-refractivity contribution < 1.29 is 8.42 Å². The van der Waals surface area contributed by atoms with Crippen LogP contribution in [0.5, 0.6) is 0 Å². The van der Waals surface area contributed by atoms with Crippen molar-refractivity contribution in [3.8, 4) is 0 Å². The van der Waals surface area contributed by atoms with Crippen LogP contribution in [0.1, 0.15) is 31.1 Å². The fourth-order valence-corrected chi connectivity index (χ4v) is 4.94. The second-order valence-electron chi connectivity index (χ2n) is 5.02. The Morgan fingerprint density at radius 1 is 1.44 bits per heavy atom. The largest absolute Gasteiger partial charge is 0.315 e. The van der Waals surface area contributed by atoms with Gasteiger partial charge in [0.2, 0.25) is 10.0 Å². The first-order chi connectivity index (χ1) is 8.51. The molecule has 18 heavy (non-hydrogen) atoms. The van der Waals surface area contributed by atoms with Gasteiger partial charge in [-0.2, -0.15) is 0 Å².